The molecule has 0 unspecified atom stereocenters. The number of amides is 2. The second-order valence-electron chi connectivity index (χ2n) is 8.79. The van der Waals surface area contributed by atoms with E-state index in [0.29, 0.717) is 28.2 Å². The number of pyridine rings is 1. The molecule has 0 bridgehead atoms. The minimum absolute atomic E-state index is 0.0545. The van der Waals surface area contributed by atoms with Gasteiger partial charge in [-0.1, -0.05) is 30.3 Å². The van der Waals surface area contributed by atoms with E-state index in [-0.39, 0.29) is 44.5 Å². The molecular formula is C29H20F3N3O6S. The molecule has 0 fully saturated rings. The van der Waals surface area contributed by atoms with Crippen LogP contribution in [0.25, 0.3) is 21.3 Å². The largest absolute Gasteiger partial charge is 0.486 e. The molecule has 2 aromatic carbocycles. The minimum atomic E-state index is -4.76. The van der Waals surface area contributed by atoms with E-state index in [0.717, 1.165) is 6.07 Å². The number of rotatable bonds is 8. The summed E-state index contributed by atoms with van der Waals surface area (Å²) in [5, 5.41) is 2.71. The van der Waals surface area contributed by atoms with Gasteiger partial charge in [-0.2, -0.15) is 13.2 Å². The van der Waals surface area contributed by atoms with Crippen molar-refractivity contribution in [2.75, 3.05) is 12.4 Å². The van der Waals surface area contributed by atoms with Gasteiger partial charge in [-0.3, -0.25) is 9.59 Å². The number of fused-ring (bicyclic) bond motifs is 1. The number of halogens is 3. The maximum absolute atomic E-state index is 13.7. The van der Waals surface area contributed by atoms with Crippen molar-refractivity contribution in [2.45, 2.75) is 12.8 Å². The molecule has 0 spiro atoms. The fraction of sp³-hybridized carbons (Fsp3) is 0.103. The number of primary amides is 1. The molecule has 0 saturated heterocycles. The SMILES string of the molecule is COC(=O)c1ccc(OCc2ccc(C(=O)Nc3c(C(N)=O)sc4nc(C(F)(F)F)cc(-c5ccccc5)c34)o2)cc1. The summed E-state index contributed by atoms with van der Waals surface area (Å²) in [6.45, 7) is -0.0545. The molecule has 0 aliphatic rings. The fourth-order valence-corrected chi connectivity index (χ4v) is 5.10. The topological polar surface area (TPSA) is 134 Å². The van der Waals surface area contributed by atoms with Crippen LogP contribution in [0.1, 0.15) is 42.0 Å². The van der Waals surface area contributed by atoms with Gasteiger partial charge in [0.2, 0.25) is 0 Å². The molecule has 0 atom stereocenters. The van der Waals surface area contributed by atoms with Crippen molar-refractivity contribution in [3.8, 4) is 16.9 Å². The van der Waals surface area contributed by atoms with E-state index in [1.165, 1.54) is 31.4 Å². The lowest BCUT2D eigenvalue weighted by Gasteiger charge is -2.12. The number of carbonyl (C=O) groups is 3. The third-order valence-corrected chi connectivity index (χ3v) is 7.14. The van der Waals surface area contributed by atoms with E-state index in [2.05, 4.69) is 15.0 Å². The molecule has 3 N–H and O–H groups in total. The number of aromatic nitrogens is 1. The number of methoxy groups -OCH3 is 1. The Kier molecular flexibility index (Phi) is 7.68. The molecule has 5 aromatic rings. The maximum Gasteiger partial charge on any atom is 0.433 e. The molecule has 3 aromatic heterocycles. The summed E-state index contributed by atoms with van der Waals surface area (Å²) in [6.07, 6.45) is -4.76. The normalized spacial score (nSPS) is 11.3. The van der Waals surface area contributed by atoms with Gasteiger partial charge in [0, 0.05) is 5.39 Å². The highest BCUT2D eigenvalue weighted by molar-refractivity contribution is 7.21. The van der Waals surface area contributed by atoms with Crippen LogP contribution in [0.4, 0.5) is 18.9 Å². The smallest absolute Gasteiger partial charge is 0.433 e. The van der Waals surface area contributed by atoms with E-state index in [1.54, 1.807) is 42.5 Å². The van der Waals surface area contributed by atoms with Gasteiger partial charge in [-0.25, -0.2) is 9.78 Å². The van der Waals surface area contributed by atoms with E-state index in [4.69, 9.17) is 14.9 Å². The standard InChI is InChI=1S/C29H20F3N3O6S/c1-39-28(38)16-7-9-17(10-8-16)40-14-18-11-12-20(41-18)26(37)35-23-22-19(15-5-3-2-4-6-15)13-21(29(30,31)32)34-27(22)42-24(23)25(33)36/h2-13H,14H2,1H3,(H2,33,36)(H,35,37). The molecule has 0 radical (unpaired) electrons. The number of furan rings is 1. The lowest BCUT2D eigenvalue weighted by atomic mass is 10.0. The average Bonchev–Trinajstić information content (AvgIpc) is 3.61. The van der Waals surface area contributed by atoms with Crippen LogP contribution in [-0.2, 0) is 17.5 Å². The monoisotopic (exact) mass is 595 g/mol. The molecule has 3 heterocycles. The summed E-state index contributed by atoms with van der Waals surface area (Å²) in [4.78, 5) is 40.5. The van der Waals surface area contributed by atoms with Crippen molar-refractivity contribution in [1.82, 2.24) is 4.98 Å². The third-order valence-electron chi connectivity index (χ3n) is 6.04. The molecule has 9 nitrogen and oxygen atoms in total. The average molecular weight is 596 g/mol. The van der Waals surface area contributed by atoms with Crippen LogP contribution in [0.5, 0.6) is 5.75 Å². The van der Waals surface area contributed by atoms with Crippen LogP contribution in [0.15, 0.2) is 77.2 Å². The number of benzene rings is 2. The highest BCUT2D eigenvalue weighted by Gasteiger charge is 2.35. The van der Waals surface area contributed by atoms with Crippen LogP contribution < -0.4 is 15.8 Å². The van der Waals surface area contributed by atoms with Crippen molar-refractivity contribution in [3.05, 3.63) is 100 Å². The molecular weight excluding hydrogens is 575 g/mol. The third kappa shape index (κ3) is 5.81. The zero-order chi connectivity index (χ0) is 30.0. The molecule has 5 rings (SSSR count). The number of ether oxygens (including phenoxy) is 2. The summed E-state index contributed by atoms with van der Waals surface area (Å²) >= 11 is 0.643. The first-order valence-electron chi connectivity index (χ1n) is 12.2. The highest BCUT2D eigenvalue weighted by atomic mass is 32.1. The summed E-state index contributed by atoms with van der Waals surface area (Å²) in [6, 6.07) is 18.1. The Bertz CT molecular complexity index is 1800. The van der Waals surface area contributed by atoms with Gasteiger partial charge in [0.15, 0.2) is 5.76 Å². The Balaban J connectivity index is 1.44. The van der Waals surface area contributed by atoms with Crippen LogP contribution in [0.3, 0.4) is 0 Å². The lowest BCUT2D eigenvalue weighted by Crippen LogP contribution is -2.16. The maximum atomic E-state index is 13.7. The number of nitrogens with zero attached hydrogens (tertiary/aromatic N) is 1. The number of hydrogen-bond acceptors (Lipinski definition) is 8. The Hall–Kier alpha value is -5.17. The predicted molar refractivity (Wildman–Crippen MR) is 147 cm³/mol. The Labute approximate surface area is 239 Å². The van der Waals surface area contributed by atoms with Gasteiger partial charge in [0.25, 0.3) is 11.8 Å². The first kappa shape index (κ1) is 28.4. The first-order valence-corrected chi connectivity index (χ1v) is 13.0. The number of alkyl halides is 3. The molecule has 13 heteroatoms. The van der Waals surface area contributed by atoms with Crippen LogP contribution in [0.2, 0.25) is 0 Å². The summed E-state index contributed by atoms with van der Waals surface area (Å²) in [5.74, 6) is -1.65. The van der Waals surface area contributed by atoms with Crippen molar-refractivity contribution >= 4 is 45.0 Å². The van der Waals surface area contributed by atoms with Crippen molar-refractivity contribution < 1.29 is 41.4 Å². The molecule has 0 aliphatic heterocycles. The Morgan fingerprint density at radius 1 is 1.02 bits per heavy atom. The minimum Gasteiger partial charge on any atom is -0.486 e. The molecule has 0 aliphatic carbocycles. The highest BCUT2D eigenvalue weighted by Crippen LogP contribution is 2.43. The Morgan fingerprint density at radius 2 is 1.74 bits per heavy atom. The van der Waals surface area contributed by atoms with Gasteiger partial charge >= 0.3 is 12.1 Å². The summed E-state index contributed by atoms with van der Waals surface area (Å²) in [5.41, 5.74) is 5.18. The second kappa shape index (κ2) is 11.4. The quantitative estimate of drug-likeness (QED) is 0.201. The molecule has 0 saturated carbocycles. The first-order chi connectivity index (χ1) is 20.0. The zero-order valence-electron chi connectivity index (χ0n) is 21.7. The number of nitrogens with two attached hydrogens (primary N) is 1. The number of nitrogens with one attached hydrogen (secondary N) is 1. The van der Waals surface area contributed by atoms with Gasteiger partial charge in [0.1, 0.15) is 33.5 Å². The summed E-state index contributed by atoms with van der Waals surface area (Å²) < 4.78 is 56.9. The second-order valence-corrected chi connectivity index (χ2v) is 9.79. The van der Waals surface area contributed by atoms with E-state index < -0.39 is 29.7 Å². The lowest BCUT2D eigenvalue weighted by molar-refractivity contribution is -0.140. The number of anilines is 1. The predicted octanol–water partition coefficient (Wildman–Crippen LogP) is 6.29. The Morgan fingerprint density at radius 3 is 2.38 bits per heavy atom. The number of esters is 1. The van der Waals surface area contributed by atoms with Crippen molar-refractivity contribution in [1.29, 1.82) is 0 Å². The van der Waals surface area contributed by atoms with Gasteiger partial charge < -0.3 is 24.9 Å². The van der Waals surface area contributed by atoms with Crippen LogP contribution >= 0.6 is 11.3 Å². The number of thiophene rings is 1. The molecule has 2 amide bonds. The molecule has 42 heavy (non-hydrogen) atoms. The van der Waals surface area contributed by atoms with Gasteiger partial charge in [-0.15, -0.1) is 11.3 Å². The zero-order valence-corrected chi connectivity index (χ0v) is 22.5. The van der Waals surface area contributed by atoms with Crippen LogP contribution in [0, 0.1) is 0 Å². The van der Waals surface area contributed by atoms with E-state index in [1.807, 2.05) is 0 Å². The van der Waals surface area contributed by atoms with Crippen molar-refractivity contribution in [3.63, 3.8) is 0 Å². The summed E-state index contributed by atoms with van der Waals surface area (Å²) in [7, 11) is 1.27. The molecule has 214 valence electrons. The number of carbonyl (C=O) groups excluding carboxylic acids is 3. The number of hydrogen-bond donors (Lipinski definition) is 2. The van der Waals surface area contributed by atoms with Gasteiger partial charge in [0.05, 0.1) is 18.4 Å². The van der Waals surface area contributed by atoms with Crippen molar-refractivity contribution in [2.24, 2.45) is 5.73 Å². The van der Waals surface area contributed by atoms with E-state index >= 15 is 0 Å². The van der Waals surface area contributed by atoms with Gasteiger partial charge in [-0.05, 0) is 53.6 Å². The van der Waals surface area contributed by atoms with E-state index in [9.17, 15) is 27.6 Å². The fourth-order valence-electron chi connectivity index (χ4n) is 4.09. The van der Waals surface area contributed by atoms with Crippen LogP contribution in [-0.4, -0.2) is 29.9 Å².